The Morgan fingerprint density at radius 1 is 1.10 bits per heavy atom. The van der Waals surface area contributed by atoms with Gasteiger partial charge in [-0.05, 0) is 67.8 Å². The Bertz CT molecular complexity index is 1860. The Labute approximate surface area is 241 Å². The maximum Gasteiger partial charge on any atom is 0.317 e. The van der Waals surface area contributed by atoms with Gasteiger partial charge in [-0.15, -0.1) is 0 Å². The number of aryl methyl sites for hydroxylation is 1. The van der Waals surface area contributed by atoms with E-state index in [4.69, 9.17) is 23.9 Å². The molecule has 0 radical (unpaired) electrons. The van der Waals surface area contributed by atoms with Gasteiger partial charge in [-0.2, -0.15) is 0 Å². The highest BCUT2D eigenvalue weighted by molar-refractivity contribution is 7.07. The molecule has 0 fully saturated rings. The van der Waals surface area contributed by atoms with Crippen molar-refractivity contribution in [1.29, 1.82) is 0 Å². The van der Waals surface area contributed by atoms with Crippen LogP contribution in [0.4, 0.5) is 0 Å². The number of ether oxygens (including phenoxy) is 4. The highest BCUT2D eigenvalue weighted by Crippen LogP contribution is 2.47. The average molecular weight is 571 g/mol. The molecule has 2 aliphatic heterocycles. The molecule has 2 bridgehead atoms. The SMILES string of the molecule is COC(=O)C1C2c3ccccc3OC1(C)N=c1s/c(=C/c3ccc(OC)c(COc4cccc(C)c4C)c3)c(=O)n12. The third-order valence-corrected chi connectivity index (χ3v) is 8.86. The van der Waals surface area contributed by atoms with Gasteiger partial charge < -0.3 is 18.9 Å². The zero-order valence-electron chi connectivity index (χ0n) is 23.5. The molecule has 8 nitrogen and oxygen atoms in total. The summed E-state index contributed by atoms with van der Waals surface area (Å²) in [5.74, 6) is 0.816. The summed E-state index contributed by atoms with van der Waals surface area (Å²) in [5.41, 5.74) is 3.23. The molecule has 4 aromatic rings. The van der Waals surface area contributed by atoms with Crippen LogP contribution in [-0.4, -0.2) is 30.5 Å². The molecular formula is C32H30N2O6S. The molecule has 3 unspecified atom stereocenters. The fourth-order valence-corrected chi connectivity index (χ4v) is 6.72. The van der Waals surface area contributed by atoms with E-state index in [1.165, 1.54) is 18.4 Å². The first-order chi connectivity index (χ1) is 19.7. The predicted octanol–water partition coefficient (Wildman–Crippen LogP) is 4.06. The molecule has 0 saturated carbocycles. The van der Waals surface area contributed by atoms with E-state index in [-0.39, 0.29) is 5.56 Å². The summed E-state index contributed by atoms with van der Waals surface area (Å²) >= 11 is 1.27. The maximum atomic E-state index is 13.9. The lowest BCUT2D eigenvalue weighted by atomic mass is 9.81. The van der Waals surface area contributed by atoms with Crippen LogP contribution in [0.15, 0.2) is 70.5 Å². The first-order valence-electron chi connectivity index (χ1n) is 13.3. The molecule has 2 aliphatic rings. The van der Waals surface area contributed by atoms with Crippen LogP contribution >= 0.6 is 11.3 Å². The molecule has 41 heavy (non-hydrogen) atoms. The average Bonchev–Trinajstić information content (AvgIpc) is 3.25. The van der Waals surface area contributed by atoms with Crippen LogP contribution in [-0.2, 0) is 16.1 Å². The Kier molecular flexibility index (Phi) is 6.69. The smallest absolute Gasteiger partial charge is 0.317 e. The monoisotopic (exact) mass is 570 g/mol. The van der Waals surface area contributed by atoms with Crippen molar-refractivity contribution in [2.75, 3.05) is 14.2 Å². The van der Waals surface area contributed by atoms with Crippen molar-refractivity contribution in [3.63, 3.8) is 0 Å². The molecule has 9 heteroatoms. The number of fused-ring (bicyclic) bond motifs is 6. The molecule has 0 saturated heterocycles. The van der Waals surface area contributed by atoms with Crippen molar-refractivity contribution in [2.24, 2.45) is 10.9 Å². The van der Waals surface area contributed by atoms with E-state index in [9.17, 15) is 9.59 Å². The number of methoxy groups -OCH3 is 2. The van der Waals surface area contributed by atoms with Gasteiger partial charge in [0.15, 0.2) is 4.80 Å². The van der Waals surface area contributed by atoms with Gasteiger partial charge in [-0.3, -0.25) is 14.2 Å². The van der Waals surface area contributed by atoms with Crippen molar-refractivity contribution in [3.05, 3.63) is 108 Å². The van der Waals surface area contributed by atoms with Gasteiger partial charge in [0.25, 0.3) is 5.56 Å². The number of esters is 1. The van der Waals surface area contributed by atoms with Gasteiger partial charge in [-0.1, -0.05) is 47.7 Å². The van der Waals surface area contributed by atoms with Crippen molar-refractivity contribution < 1.29 is 23.7 Å². The van der Waals surface area contributed by atoms with Crippen molar-refractivity contribution in [1.82, 2.24) is 4.57 Å². The van der Waals surface area contributed by atoms with Crippen LogP contribution in [0.5, 0.6) is 17.2 Å². The minimum atomic E-state index is -1.21. The molecule has 1 aromatic heterocycles. The predicted molar refractivity (Wildman–Crippen MR) is 155 cm³/mol. The molecule has 0 amide bonds. The van der Waals surface area contributed by atoms with E-state index in [2.05, 4.69) is 13.0 Å². The van der Waals surface area contributed by atoms with Crippen LogP contribution in [0.25, 0.3) is 6.08 Å². The number of nitrogens with zero attached hydrogens (tertiary/aromatic N) is 2. The minimum Gasteiger partial charge on any atom is -0.496 e. The van der Waals surface area contributed by atoms with Gasteiger partial charge in [0.2, 0.25) is 5.72 Å². The summed E-state index contributed by atoms with van der Waals surface area (Å²) in [6, 6.07) is 18.5. The Morgan fingerprint density at radius 2 is 1.90 bits per heavy atom. The Hall–Kier alpha value is -4.37. The number of thiazole rings is 1. The third-order valence-electron chi connectivity index (χ3n) is 7.88. The first-order valence-corrected chi connectivity index (χ1v) is 14.1. The molecule has 3 atom stereocenters. The van der Waals surface area contributed by atoms with E-state index in [0.717, 1.165) is 33.6 Å². The second kappa shape index (κ2) is 10.2. The quantitative estimate of drug-likeness (QED) is 0.325. The lowest BCUT2D eigenvalue weighted by Gasteiger charge is -2.44. The minimum absolute atomic E-state index is 0.226. The number of carbonyl (C=O) groups is 1. The summed E-state index contributed by atoms with van der Waals surface area (Å²) in [6.45, 7) is 6.16. The summed E-state index contributed by atoms with van der Waals surface area (Å²) in [7, 11) is 2.96. The van der Waals surface area contributed by atoms with Crippen molar-refractivity contribution >= 4 is 23.4 Å². The second-order valence-electron chi connectivity index (χ2n) is 10.4. The zero-order valence-corrected chi connectivity index (χ0v) is 24.3. The van der Waals surface area contributed by atoms with Gasteiger partial charge in [0, 0.05) is 11.1 Å². The van der Waals surface area contributed by atoms with Gasteiger partial charge in [0.05, 0.1) is 24.8 Å². The molecule has 3 heterocycles. The highest BCUT2D eigenvalue weighted by Gasteiger charge is 2.55. The molecule has 210 valence electrons. The molecule has 3 aromatic carbocycles. The zero-order chi connectivity index (χ0) is 28.9. The number of para-hydroxylation sites is 1. The number of hydrogen-bond acceptors (Lipinski definition) is 8. The standard InChI is InChI=1S/C32H30N2O6S/c1-18-9-8-12-23(19(18)2)39-17-21-15-20(13-14-24(21)37-4)16-26-29(35)34-28-22-10-6-7-11-25(22)40-32(3,33-31(34)41-26)27(28)30(36)38-5/h6-16,27-28H,17H2,1-5H3/b26-16+. The lowest BCUT2D eigenvalue weighted by Crippen LogP contribution is -2.58. The Balaban J connectivity index is 1.43. The first kappa shape index (κ1) is 26.8. The Morgan fingerprint density at radius 3 is 2.68 bits per heavy atom. The summed E-state index contributed by atoms with van der Waals surface area (Å²) in [6.07, 6.45) is 1.83. The van der Waals surface area contributed by atoms with Crippen LogP contribution in [0.3, 0.4) is 0 Å². The number of aromatic nitrogens is 1. The largest absolute Gasteiger partial charge is 0.496 e. The van der Waals surface area contributed by atoms with Gasteiger partial charge >= 0.3 is 5.97 Å². The topological polar surface area (TPSA) is 88.4 Å². The summed E-state index contributed by atoms with van der Waals surface area (Å²) < 4.78 is 25.2. The van der Waals surface area contributed by atoms with Crippen LogP contribution in [0, 0.1) is 19.8 Å². The number of hydrogen-bond donors (Lipinski definition) is 0. The molecular weight excluding hydrogens is 540 g/mol. The normalized spacial score (nSPS) is 20.8. The highest BCUT2D eigenvalue weighted by atomic mass is 32.1. The molecule has 0 spiro atoms. The van der Waals surface area contributed by atoms with Crippen molar-refractivity contribution in [2.45, 2.75) is 39.1 Å². The lowest BCUT2D eigenvalue weighted by molar-refractivity contribution is -0.158. The van der Waals surface area contributed by atoms with Crippen LogP contribution in [0.1, 0.15) is 40.8 Å². The van der Waals surface area contributed by atoms with Crippen LogP contribution in [0.2, 0.25) is 0 Å². The fourth-order valence-electron chi connectivity index (χ4n) is 5.62. The number of rotatable bonds is 6. The second-order valence-corrected chi connectivity index (χ2v) is 11.4. The van der Waals surface area contributed by atoms with E-state index in [1.54, 1.807) is 18.6 Å². The molecule has 0 N–H and O–H groups in total. The van der Waals surface area contributed by atoms with E-state index < -0.39 is 23.7 Å². The van der Waals surface area contributed by atoms with E-state index >= 15 is 0 Å². The van der Waals surface area contributed by atoms with Crippen LogP contribution < -0.4 is 29.1 Å². The third kappa shape index (κ3) is 4.50. The van der Waals surface area contributed by atoms with E-state index in [0.29, 0.717) is 27.4 Å². The summed E-state index contributed by atoms with van der Waals surface area (Å²) in [4.78, 5) is 32.2. The molecule has 6 rings (SSSR count). The van der Waals surface area contributed by atoms with Gasteiger partial charge in [-0.25, -0.2) is 4.99 Å². The van der Waals surface area contributed by atoms with E-state index in [1.807, 2.05) is 67.6 Å². The number of carbonyl (C=O) groups excluding carboxylic acids is 1. The van der Waals surface area contributed by atoms with Gasteiger partial charge in [0.1, 0.15) is 29.8 Å². The number of benzene rings is 3. The maximum absolute atomic E-state index is 13.9. The molecule has 0 aliphatic carbocycles. The fraction of sp³-hybridized carbons (Fsp3) is 0.281. The summed E-state index contributed by atoms with van der Waals surface area (Å²) in [5, 5.41) is 0. The van der Waals surface area contributed by atoms with Crippen molar-refractivity contribution in [3.8, 4) is 17.2 Å².